The fraction of sp³-hybridized carbons (Fsp3) is 0.222. The number of carbonyl (C=O) groups is 1. The van der Waals surface area contributed by atoms with E-state index < -0.39 is 6.04 Å². The van der Waals surface area contributed by atoms with E-state index in [4.69, 9.17) is 11.5 Å². The van der Waals surface area contributed by atoms with Crippen molar-refractivity contribution in [2.75, 3.05) is 16.8 Å². The number of thiol groups is 1. The van der Waals surface area contributed by atoms with E-state index in [1.54, 1.807) is 18.2 Å². The number of hydrogen-bond acceptors (Lipinski definition) is 4. The Morgan fingerprint density at radius 3 is 2.93 bits per heavy atom. The first-order valence-corrected chi connectivity index (χ1v) is 4.72. The Morgan fingerprint density at radius 1 is 1.64 bits per heavy atom. The maximum Gasteiger partial charge on any atom is 0.242 e. The van der Waals surface area contributed by atoms with Gasteiger partial charge in [0.05, 0.1) is 11.7 Å². The van der Waals surface area contributed by atoms with Crippen LogP contribution in [0.1, 0.15) is 0 Å². The van der Waals surface area contributed by atoms with Gasteiger partial charge in [-0.2, -0.15) is 12.6 Å². The zero-order chi connectivity index (χ0) is 10.6. The number of amides is 1. The molecule has 0 bridgehead atoms. The van der Waals surface area contributed by atoms with E-state index in [0.717, 1.165) is 0 Å². The fourth-order valence-corrected chi connectivity index (χ4v) is 1.03. The maximum atomic E-state index is 11.3. The molecule has 1 radical (unpaired) electrons. The summed E-state index contributed by atoms with van der Waals surface area (Å²) in [4.78, 5) is 11.3. The van der Waals surface area contributed by atoms with Crippen LogP contribution in [0.4, 0.5) is 11.4 Å². The minimum absolute atomic E-state index is 0.290. The van der Waals surface area contributed by atoms with Crippen molar-refractivity contribution in [1.82, 2.24) is 0 Å². The van der Waals surface area contributed by atoms with Crippen LogP contribution >= 0.6 is 12.6 Å². The lowest BCUT2D eigenvalue weighted by Gasteiger charge is -2.09. The third-order valence-corrected chi connectivity index (χ3v) is 2.00. The summed E-state index contributed by atoms with van der Waals surface area (Å²) in [5.41, 5.74) is 12.0. The Kier molecular flexibility index (Phi) is 3.79. The van der Waals surface area contributed by atoms with E-state index in [1.807, 2.05) is 0 Å². The molecule has 0 aliphatic rings. The van der Waals surface area contributed by atoms with Gasteiger partial charge in [0.2, 0.25) is 5.91 Å². The van der Waals surface area contributed by atoms with Crippen LogP contribution in [0.5, 0.6) is 0 Å². The van der Waals surface area contributed by atoms with Crippen LogP contribution in [-0.2, 0) is 4.79 Å². The van der Waals surface area contributed by atoms with Crippen molar-refractivity contribution in [3.63, 3.8) is 0 Å². The molecule has 0 saturated heterocycles. The number of rotatable bonds is 3. The second-order valence-corrected chi connectivity index (χ2v) is 3.16. The Balaban J connectivity index is 2.65. The summed E-state index contributed by atoms with van der Waals surface area (Å²) in [6.07, 6.45) is 0. The topological polar surface area (TPSA) is 81.1 Å². The van der Waals surface area contributed by atoms with Gasteiger partial charge in [-0.3, -0.25) is 4.79 Å². The molecule has 1 aromatic rings. The molecule has 5 heteroatoms. The molecule has 14 heavy (non-hydrogen) atoms. The Labute approximate surface area is 88.1 Å². The van der Waals surface area contributed by atoms with E-state index in [0.29, 0.717) is 17.1 Å². The van der Waals surface area contributed by atoms with E-state index in [2.05, 4.69) is 24.0 Å². The molecular formula is C9H12N3OS. The molecule has 4 nitrogen and oxygen atoms in total. The lowest BCUT2D eigenvalue weighted by molar-refractivity contribution is -0.116. The van der Waals surface area contributed by atoms with Gasteiger partial charge < -0.3 is 16.8 Å². The smallest absolute Gasteiger partial charge is 0.242 e. The molecule has 0 aliphatic carbocycles. The summed E-state index contributed by atoms with van der Waals surface area (Å²) in [6.45, 7) is 0. The number of carbonyl (C=O) groups excluding carboxylic acids is 1. The summed E-state index contributed by atoms with van der Waals surface area (Å²) in [7, 11) is 0. The van der Waals surface area contributed by atoms with Gasteiger partial charge in [-0.1, -0.05) is 6.07 Å². The van der Waals surface area contributed by atoms with Crippen LogP contribution in [0.15, 0.2) is 18.2 Å². The standard InChI is InChI=1S/C9H12N3OS/c10-6-2-1-3-7(4-6)12-9(13)8(11)5-14/h1-3,8,14H,5,10-11H2,(H,12,13). The number of benzene rings is 1. The highest BCUT2D eigenvalue weighted by Crippen LogP contribution is 2.10. The minimum atomic E-state index is -0.617. The van der Waals surface area contributed by atoms with E-state index >= 15 is 0 Å². The van der Waals surface area contributed by atoms with Gasteiger partial charge in [0.25, 0.3) is 0 Å². The minimum Gasteiger partial charge on any atom is -0.398 e. The van der Waals surface area contributed by atoms with Crippen molar-refractivity contribution in [3.05, 3.63) is 24.3 Å². The van der Waals surface area contributed by atoms with Crippen LogP contribution < -0.4 is 16.8 Å². The largest absolute Gasteiger partial charge is 0.398 e. The van der Waals surface area contributed by atoms with Crippen molar-refractivity contribution in [2.45, 2.75) is 6.04 Å². The molecule has 75 valence electrons. The molecule has 5 N–H and O–H groups in total. The van der Waals surface area contributed by atoms with Gasteiger partial charge in [0.1, 0.15) is 0 Å². The molecule has 0 aliphatic heterocycles. The summed E-state index contributed by atoms with van der Waals surface area (Å²) in [6, 6.07) is 7.28. The monoisotopic (exact) mass is 210 g/mol. The fourth-order valence-electron chi connectivity index (χ4n) is 0.868. The molecule has 1 unspecified atom stereocenters. The van der Waals surface area contributed by atoms with Crippen LogP contribution in [-0.4, -0.2) is 17.7 Å². The predicted molar refractivity (Wildman–Crippen MR) is 60.1 cm³/mol. The summed E-state index contributed by atoms with van der Waals surface area (Å²) >= 11 is 3.92. The lowest BCUT2D eigenvalue weighted by Crippen LogP contribution is -2.37. The van der Waals surface area contributed by atoms with Crippen molar-refractivity contribution in [1.29, 1.82) is 0 Å². The molecule has 1 aromatic carbocycles. The van der Waals surface area contributed by atoms with Gasteiger partial charge in [-0.15, -0.1) is 0 Å². The molecule has 1 amide bonds. The van der Waals surface area contributed by atoms with Gasteiger partial charge in [-0.25, -0.2) is 0 Å². The quantitative estimate of drug-likeness (QED) is 0.427. The summed E-state index contributed by atoms with van der Waals surface area (Å²) < 4.78 is 0. The normalized spacial score (nSPS) is 12.1. The molecule has 0 spiro atoms. The van der Waals surface area contributed by atoms with Crippen LogP contribution in [0.25, 0.3) is 0 Å². The van der Waals surface area contributed by atoms with Crippen molar-refractivity contribution in [3.8, 4) is 0 Å². The molecule has 0 saturated carbocycles. The van der Waals surface area contributed by atoms with Crippen LogP contribution in [0.3, 0.4) is 0 Å². The Bertz CT molecular complexity index is 330. The van der Waals surface area contributed by atoms with E-state index in [1.165, 1.54) is 0 Å². The van der Waals surface area contributed by atoms with E-state index in [-0.39, 0.29) is 5.91 Å². The third kappa shape index (κ3) is 2.93. The Morgan fingerprint density at radius 2 is 2.36 bits per heavy atom. The number of anilines is 2. The van der Waals surface area contributed by atoms with Gasteiger partial charge in [-0.05, 0) is 12.1 Å². The SMILES string of the molecule is Nc1[c]c(NC(=O)C(N)CS)ccc1. The second-order valence-electron chi connectivity index (χ2n) is 2.80. The molecular weight excluding hydrogens is 198 g/mol. The maximum absolute atomic E-state index is 11.3. The Hall–Kier alpha value is -1.20. The highest BCUT2D eigenvalue weighted by atomic mass is 32.1. The number of nitrogen functional groups attached to an aromatic ring is 1. The highest BCUT2D eigenvalue weighted by Gasteiger charge is 2.11. The first kappa shape index (κ1) is 10.9. The third-order valence-electron chi connectivity index (χ3n) is 1.61. The predicted octanol–water partition coefficient (Wildman–Crippen LogP) is 0.265. The van der Waals surface area contributed by atoms with Crippen LogP contribution in [0.2, 0.25) is 0 Å². The number of nitrogens with two attached hydrogens (primary N) is 2. The molecule has 1 rings (SSSR count). The van der Waals surface area contributed by atoms with Crippen molar-refractivity contribution >= 4 is 29.9 Å². The first-order chi connectivity index (χ1) is 6.63. The van der Waals surface area contributed by atoms with E-state index in [9.17, 15) is 4.79 Å². The first-order valence-electron chi connectivity index (χ1n) is 4.08. The average Bonchev–Trinajstić information content (AvgIpc) is 2.16. The molecule has 0 heterocycles. The number of nitrogens with one attached hydrogen (secondary N) is 1. The molecule has 0 fully saturated rings. The summed E-state index contributed by atoms with van der Waals surface area (Å²) in [5, 5.41) is 2.59. The molecule has 1 atom stereocenters. The van der Waals surface area contributed by atoms with Gasteiger partial charge in [0, 0.05) is 17.5 Å². The summed E-state index contributed by atoms with van der Waals surface area (Å²) in [5.74, 6) is 0.00980. The zero-order valence-electron chi connectivity index (χ0n) is 7.53. The van der Waals surface area contributed by atoms with Crippen molar-refractivity contribution in [2.24, 2.45) is 5.73 Å². The average molecular weight is 210 g/mol. The van der Waals surface area contributed by atoms with Gasteiger partial charge in [0.15, 0.2) is 0 Å². The van der Waals surface area contributed by atoms with Gasteiger partial charge >= 0.3 is 0 Å². The zero-order valence-corrected chi connectivity index (χ0v) is 8.42. The molecule has 0 aromatic heterocycles. The van der Waals surface area contributed by atoms with Crippen molar-refractivity contribution < 1.29 is 4.79 Å². The van der Waals surface area contributed by atoms with Crippen LogP contribution in [0, 0.1) is 6.07 Å². The number of hydrogen-bond donors (Lipinski definition) is 4. The lowest BCUT2D eigenvalue weighted by atomic mass is 10.2. The second kappa shape index (κ2) is 4.88. The highest BCUT2D eigenvalue weighted by molar-refractivity contribution is 7.80.